The molecule has 0 heterocycles. The monoisotopic (exact) mass is 196 g/mol. The molecule has 1 atom stereocenters. The standard InChI is InChI=1S/C12H17FO/c1-10(14)4-2-3-5-11-6-8-12(13)9-7-11/h6-10,14H,2-5H2,1H3. The summed E-state index contributed by atoms with van der Waals surface area (Å²) in [5.74, 6) is -0.183. The summed E-state index contributed by atoms with van der Waals surface area (Å²) in [6, 6.07) is 6.61. The SMILES string of the molecule is CC(O)CCCCc1ccc(F)cc1. The highest BCUT2D eigenvalue weighted by Crippen LogP contribution is 2.08. The number of unbranched alkanes of at least 4 members (excludes halogenated alkanes) is 1. The molecule has 0 aromatic heterocycles. The van der Waals surface area contributed by atoms with Crippen molar-refractivity contribution in [2.24, 2.45) is 0 Å². The van der Waals surface area contributed by atoms with Crippen LogP contribution in [0.15, 0.2) is 24.3 Å². The molecule has 0 aliphatic rings. The number of rotatable bonds is 5. The Morgan fingerprint density at radius 1 is 1.21 bits per heavy atom. The van der Waals surface area contributed by atoms with E-state index < -0.39 is 0 Å². The molecule has 1 N–H and O–H groups in total. The Balaban J connectivity index is 2.21. The summed E-state index contributed by atoms with van der Waals surface area (Å²) in [7, 11) is 0. The number of halogens is 1. The van der Waals surface area contributed by atoms with E-state index in [4.69, 9.17) is 5.11 Å². The lowest BCUT2D eigenvalue weighted by molar-refractivity contribution is 0.180. The Bertz CT molecular complexity index is 254. The van der Waals surface area contributed by atoms with Crippen LogP contribution in [-0.2, 0) is 6.42 Å². The molecule has 78 valence electrons. The first kappa shape index (κ1) is 11.2. The molecule has 0 aliphatic carbocycles. The van der Waals surface area contributed by atoms with E-state index in [9.17, 15) is 4.39 Å². The third-order valence-electron chi connectivity index (χ3n) is 2.25. The van der Waals surface area contributed by atoms with E-state index in [0.717, 1.165) is 31.2 Å². The fraction of sp³-hybridized carbons (Fsp3) is 0.500. The number of aliphatic hydroxyl groups excluding tert-OH is 1. The number of aryl methyl sites for hydroxylation is 1. The highest BCUT2D eigenvalue weighted by molar-refractivity contribution is 5.15. The van der Waals surface area contributed by atoms with Crippen LogP contribution in [-0.4, -0.2) is 11.2 Å². The molecule has 1 aromatic carbocycles. The summed E-state index contributed by atoms with van der Waals surface area (Å²) >= 11 is 0. The summed E-state index contributed by atoms with van der Waals surface area (Å²) in [5, 5.41) is 9.04. The van der Waals surface area contributed by atoms with Crippen molar-refractivity contribution in [2.75, 3.05) is 0 Å². The summed E-state index contributed by atoms with van der Waals surface area (Å²) in [6.07, 6.45) is 3.68. The van der Waals surface area contributed by atoms with Gasteiger partial charge in [-0.3, -0.25) is 0 Å². The van der Waals surface area contributed by atoms with E-state index >= 15 is 0 Å². The molecule has 0 radical (unpaired) electrons. The average Bonchev–Trinajstić information content (AvgIpc) is 2.15. The molecule has 0 saturated carbocycles. The minimum Gasteiger partial charge on any atom is -0.393 e. The fourth-order valence-electron chi connectivity index (χ4n) is 1.42. The molecule has 0 fully saturated rings. The minimum absolute atomic E-state index is 0.183. The van der Waals surface area contributed by atoms with Gasteiger partial charge in [0.2, 0.25) is 0 Å². The first-order valence-electron chi connectivity index (χ1n) is 5.11. The number of hydrogen-bond acceptors (Lipinski definition) is 1. The lowest BCUT2D eigenvalue weighted by Crippen LogP contribution is -1.98. The van der Waals surface area contributed by atoms with Gasteiger partial charge in [0.05, 0.1) is 6.10 Å². The maximum atomic E-state index is 12.5. The van der Waals surface area contributed by atoms with Crippen LogP contribution in [0.3, 0.4) is 0 Å². The zero-order valence-electron chi connectivity index (χ0n) is 8.54. The van der Waals surface area contributed by atoms with E-state index in [1.54, 1.807) is 6.92 Å². The smallest absolute Gasteiger partial charge is 0.123 e. The normalized spacial score (nSPS) is 12.8. The quantitative estimate of drug-likeness (QED) is 0.718. The van der Waals surface area contributed by atoms with Crippen molar-refractivity contribution >= 4 is 0 Å². The first-order valence-corrected chi connectivity index (χ1v) is 5.11. The van der Waals surface area contributed by atoms with Gasteiger partial charge in [-0.2, -0.15) is 0 Å². The molecule has 0 bridgehead atoms. The van der Waals surface area contributed by atoms with Crippen LogP contribution in [0.2, 0.25) is 0 Å². The summed E-state index contributed by atoms with van der Waals surface area (Å²) in [4.78, 5) is 0. The molecule has 2 heteroatoms. The molecule has 1 unspecified atom stereocenters. The zero-order chi connectivity index (χ0) is 10.4. The molecule has 1 aromatic rings. The Kier molecular flexibility index (Phi) is 4.60. The van der Waals surface area contributed by atoms with Crippen LogP contribution in [0, 0.1) is 5.82 Å². The van der Waals surface area contributed by atoms with E-state index in [1.807, 2.05) is 12.1 Å². The van der Waals surface area contributed by atoms with E-state index in [1.165, 1.54) is 12.1 Å². The van der Waals surface area contributed by atoms with Crippen molar-refractivity contribution in [3.05, 3.63) is 35.6 Å². The molecule has 1 rings (SSSR count). The molecule has 0 spiro atoms. The van der Waals surface area contributed by atoms with Crippen molar-refractivity contribution < 1.29 is 9.50 Å². The number of hydrogen-bond donors (Lipinski definition) is 1. The van der Waals surface area contributed by atoms with Crippen LogP contribution in [0.4, 0.5) is 4.39 Å². The second-order valence-corrected chi connectivity index (χ2v) is 3.72. The van der Waals surface area contributed by atoms with Crippen LogP contribution < -0.4 is 0 Å². The Hall–Kier alpha value is -0.890. The summed E-state index contributed by atoms with van der Waals surface area (Å²) in [6.45, 7) is 1.80. The van der Waals surface area contributed by atoms with Crippen molar-refractivity contribution in [3.8, 4) is 0 Å². The van der Waals surface area contributed by atoms with Gasteiger partial charge < -0.3 is 5.11 Å². The van der Waals surface area contributed by atoms with Gasteiger partial charge in [0, 0.05) is 0 Å². The second-order valence-electron chi connectivity index (χ2n) is 3.72. The number of aliphatic hydroxyl groups is 1. The molecule has 0 amide bonds. The predicted octanol–water partition coefficient (Wildman–Crippen LogP) is 2.92. The molecule has 14 heavy (non-hydrogen) atoms. The highest BCUT2D eigenvalue weighted by atomic mass is 19.1. The largest absolute Gasteiger partial charge is 0.393 e. The maximum Gasteiger partial charge on any atom is 0.123 e. The Labute approximate surface area is 84.6 Å². The van der Waals surface area contributed by atoms with Gasteiger partial charge in [-0.25, -0.2) is 4.39 Å². The van der Waals surface area contributed by atoms with Gasteiger partial charge in [-0.1, -0.05) is 18.6 Å². The Morgan fingerprint density at radius 2 is 1.86 bits per heavy atom. The number of benzene rings is 1. The zero-order valence-corrected chi connectivity index (χ0v) is 8.54. The van der Waals surface area contributed by atoms with Gasteiger partial charge in [0.25, 0.3) is 0 Å². The van der Waals surface area contributed by atoms with Gasteiger partial charge in [0.1, 0.15) is 5.82 Å². The highest BCUT2D eigenvalue weighted by Gasteiger charge is 1.97. The average molecular weight is 196 g/mol. The van der Waals surface area contributed by atoms with Gasteiger partial charge in [-0.05, 0) is 43.9 Å². The summed E-state index contributed by atoms with van der Waals surface area (Å²) in [5.41, 5.74) is 1.16. The lowest BCUT2D eigenvalue weighted by atomic mass is 10.1. The third-order valence-corrected chi connectivity index (χ3v) is 2.25. The van der Waals surface area contributed by atoms with E-state index in [0.29, 0.717) is 0 Å². The van der Waals surface area contributed by atoms with Crippen molar-refractivity contribution in [2.45, 2.75) is 38.7 Å². The van der Waals surface area contributed by atoms with Crippen LogP contribution in [0.1, 0.15) is 31.7 Å². The minimum atomic E-state index is -0.205. The van der Waals surface area contributed by atoms with Gasteiger partial charge in [-0.15, -0.1) is 0 Å². The van der Waals surface area contributed by atoms with E-state index in [2.05, 4.69) is 0 Å². The van der Waals surface area contributed by atoms with Gasteiger partial charge >= 0.3 is 0 Å². The molecular weight excluding hydrogens is 179 g/mol. The maximum absolute atomic E-state index is 12.5. The van der Waals surface area contributed by atoms with Crippen molar-refractivity contribution in [3.63, 3.8) is 0 Å². The molecule has 1 nitrogen and oxygen atoms in total. The first-order chi connectivity index (χ1) is 6.68. The van der Waals surface area contributed by atoms with Gasteiger partial charge in [0.15, 0.2) is 0 Å². The lowest BCUT2D eigenvalue weighted by Gasteiger charge is -2.03. The predicted molar refractivity (Wildman–Crippen MR) is 55.6 cm³/mol. The van der Waals surface area contributed by atoms with Crippen LogP contribution in [0.25, 0.3) is 0 Å². The van der Waals surface area contributed by atoms with Crippen molar-refractivity contribution in [1.82, 2.24) is 0 Å². The fourth-order valence-corrected chi connectivity index (χ4v) is 1.42. The summed E-state index contributed by atoms with van der Waals surface area (Å²) < 4.78 is 12.5. The van der Waals surface area contributed by atoms with Crippen LogP contribution >= 0.6 is 0 Å². The third kappa shape index (κ3) is 4.38. The van der Waals surface area contributed by atoms with Crippen LogP contribution in [0.5, 0.6) is 0 Å². The molecule has 0 saturated heterocycles. The molecular formula is C12H17FO. The topological polar surface area (TPSA) is 20.2 Å². The van der Waals surface area contributed by atoms with E-state index in [-0.39, 0.29) is 11.9 Å². The second kappa shape index (κ2) is 5.76. The van der Waals surface area contributed by atoms with Crippen molar-refractivity contribution in [1.29, 1.82) is 0 Å². The molecule has 0 aliphatic heterocycles. The Morgan fingerprint density at radius 3 is 2.43 bits per heavy atom.